The lowest BCUT2D eigenvalue weighted by Gasteiger charge is -2.38. The molecule has 320 valence electrons. The summed E-state index contributed by atoms with van der Waals surface area (Å²) in [7, 11) is 3.25. The SMILES string of the molecule is COc1ccc(N2Cc3cc(Cl)cc(Cl)c3C2=O)cc1OCCN1C(C)CCCC1C.COc1ccc(N2Cc3cccc(Cl)c3C2=O)cc1OCCN1CCC(C)CC1. The number of benzene rings is 4. The first-order valence-electron chi connectivity index (χ1n) is 20.9. The zero-order valence-corrected chi connectivity index (χ0v) is 37.4. The van der Waals surface area contributed by atoms with Crippen molar-refractivity contribution in [2.75, 3.05) is 63.4 Å². The van der Waals surface area contributed by atoms with Crippen molar-refractivity contribution >= 4 is 58.0 Å². The van der Waals surface area contributed by atoms with E-state index in [4.69, 9.17) is 53.8 Å². The summed E-state index contributed by atoms with van der Waals surface area (Å²) in [6.07, 6.45) is 6.25. The van der Waals surface area contributed by atoms with Gasteiger partial charge in [0.15, 0.2) is 23.0 Å². The Morgan fingerprint density at radius 1 is 0.617 bits per heavy atom. The Labute approximate surface area is 369 Å². The third-order valence-corrected chi connectivity index (χ3v) is 13.1. The largest absolute Gasteiger partial charge is 0.493 e. The molecule has 0 radical (unpaired) electrons. The zero-order valence-electron chi connectivity index (χ0n) is 35.1. The number of fused-ring (bicyclic) bond motifs is 2. The van der Waals surface area contributed by atoms with Crippen LogP contribution in [-0.2, 0) is 13.1 Å². The highest BCUT2D eigenvalue weighted by molar-refractivity contribution is 6.38. The summed E-state index contributed by atoms with van der Waals surface area (Å²) < 4.78 is 23.1. The Morgan fingerprint density at radius 3 is 1.73 bits per heavy atom. The van der Waals surface area contributed by atoms with Gasteiger partial charge in [-0.15, -0.1) is 0 Å². The van der Waals surface area contributed by atoms with Crippen molar-refractivity contribution in [1.82, 2.24) is 9.80 Å². The zero-order chi connectivity index (χ0) is 42.5. The molecule has 0 bridgehead atoms. The smallest absolute Gasteiger partial charge is 0.260 e. The van der Waals surface area contributed by atoms with Crippen LogP contribution in [-0.4, -0.2) is 87.3 Å². The van der Waals surface area contributed by atoms with Gasteiger partial charge in [-0.2, -0.15) is 0 Å². The van der Waals surface area contributed by atoms with Gasteiger partial charge in [-0.3, -0.25) is 19.4 Å². The molecule has 0 spiro atoms. The minimum absolute atomic E-state index is 0.0795. The summed E-state index contributed by atoms with van der Waals surface area (Å²) in [6, 6.07) is 21.3. The average molecular weight is 878 g/mol. The number of rotatable bonds is 12. The van der Waals surface area contributed by atoms with Gasteiger partial charge in [-0.05, 0) is 112 Å². The number of nitrogens with zero attached hydrogens (tertiary/aromatic N) is 4. The minimum atomic E-state index is -0.135. The molecule has 4 aliphatic rings. The summed E-state index contributed by atoms with van der Waals surface area (Å²) >= 11 is 18.7. The van der Waals surface area contributed by atoms with E-state index in [1.54, 1.807) is 42.2 Å². The van der Waals surface area contributed by atoms with Crippen LogP contribution in [0.1, 0.15) is 84.7 Å². The van der Waals surface area contributed by atoms with Crippen LogP contribution in [0.5, 0.6) is 23.0 Å². The Kier molecular flexibility index (Phi) is 14.4. The predicted octanol–water partition coefficient (Wildman–Crippen LogP) is 10.4. The highest BCUT2D eigenvalue weighted by Crippen LogP contribution is 2.40. The molecule has 13 heteroatoms. The molecule has 4 aliphatic heterocycles. The predicted molar refractivity (Wildman–Crippen MR) is 240 cm³/mol. The van der Waals surface area contributed by atoms with E-state index in [0.29, 0.717) is 87.6 Å². The molecule has 4 aromatic carbocycles. The van der Waals surface area contributed by atoms with E-state index in [9.17, 15) is 9.59 Å². The number of carbonyl (C=O) groups excluding carboxylic acids is 2. The molecule has 4 aromatic rings. The molecule has 0 saturated carbocycles. The van der Waals surface area contributed by atoms with Crippen LogP contribution in [0.4, 0.5) is 11.4 Å². The van der Waals surface area contributed by atoms with Crippen molar-refractivity contribution in [3.8, 4) is 23.0 Å². The van der Waals surface area contributed by atoms with Gasteiger partial charge in [0.2, 0.25) is 0 Å². The number of ether oxygens (including phenoxy) is 4. The van der Waals surface area contributed by atoms with Gasteiger partial charge < -0.3 is 28.7 Å². The van der Waals surface area contributed by atoms with E-state index in [1.807, 2.05) is 48.5 Å². The van der Waals surface area contributed by atoms with Gasteiger partial charge in [0, 0.05) is 53.7 Å². The molecule has 10 nitrogen and oxygen atoms in total. The first-order valence-corrected chi connectivity index (χ1v) is 22.1. The van der Waals surface area contributed by atoms with Gasteiger partial charge in [0.1, 0.15) is 13.2 Å². The van der Waals surface area contributed by atoms with E-state index in [-0.39, 0.29) is 11.8 Å². The average Bonchev–Trinajstić information content (AvgIpc) is 3.76. The van der Waals surface area contributed by atoms with Crippen molar-refractivity contribution in [3.05, 3.63) is 104 Å². The van der Waals surface area contributed by atoms with Gasteiger partial charge >= 0.3 is 0 Å². The number of piperidine rings is 2. The molecule has 8 rings (SSSR count). The monoisotopic (exact) mass is 876 g/mol. The third-order valence-electron chi connectivity index (χ3n) is 12.3. The maximum absolute atomic E-state index is 13.0. The Balaban J connectivity index is 0.000000182. The number of carbonyl (C=O) groups is 2. The second-order valence-corrected chi connectivity index (χ2v) is 17.5. The van der Waals surface area contributed by atoms with Crippen LogP contribution in [0, 0.1) is 5.92 Å². The highest BCUT2D eigenvalue weighted by Gasteiger charge is 2.33. The fraction of sp³-hybridized carbons (Fsp3) is 0.447. The lowest BCUT2D eigenvalue weighted by atomic mass is 9.98. The number of hydrogen-bond donors (Lipinski definition) is 0. The van der Waals surface area contributed by atoms with Gasteiger partial charge in [-0.1, -0.05) is 60.3 Å². The second-order valence-electron chi connectivity index (χ2n) is 16.2. The van der Waals surface area contributed by atoms with Crippen LogP contribution in [0.3, 0.4) is 0 Å². The standard InChI is InChI=1S/C24H28Cl2N2O3.C23H27ClN2O3/c1-15-5-4-6-16(2)27(15)9-10-31-22-13-19(7-8-21(22)30-3)28-14-17-11-18(25)12-20(26)23(17)24(28)29;1-16-8-10-25(11-9-16)12-13-29-21-14-18(6-7-20(21)28-2)26-15-17-4-3-5-19(24)22(17)23(26)27/h7-8,11-13,15-16H,4-6,9-10,14H2,1-3H3;3-7,14,16H,8-13,15H2,1-2H3. The Hall–Kier alpha value is -4.19. The normalized spacial score (nSPS) is 19.5. The maximum atomic E-state index is 13.0. The molecule has 2 saturated heterocycles. The molecule has 4 heterocycles. The van der Waals surface area contributed by atoms with Crippen LogP contribution < -0.4 is 28.7 Å². The third kappa shape index (κ3) is 9.79. The second kappa shape index (κ2) is 19.7. The molecule has 2 amide bonds. The van der Waals surface area contributed by atoms with Gasteiger partial charge in [0.25, 0.3) is 11.8 Å². The van der Waals surface area contributed by atoms with E-state index in [2.05, 4.69) is 30.6 Å². The van der Waals surface area contributed by atoms with Crippen molar-refractivity contribution < 1.29 is 28.5 Å². The Bertz CT molecular complexity index is 2170. The molecule has 2 fully saturated rings. The lowest BCUT2D eigenvalue weighted by Crippen LogP contribution is -2.45. The number of amides is 2. The van der Waals surface area contributed by atoms with E-state index < -0.39 is 0 Å². The molecule has 0 aromatic heterocycles. The van der Waals surface area contributed by atoms with Crippen molar-refractivity contribution in [2.45, 2.75) is 78.0 Å². The van der Waals surface area contributed by atoms with Crippen molar-refractivity contribution in [3.63, 3.8) is 0 Å². The van der Waals surface area contributed by atoms with Crippen LogP contribution in [0.25, 0.3) is 0 Å². The quantitative estimate of drug-likeness (QED) is 0.139. The molecular weight excluding hydrogens is 823 g/mol. The van der Waals surface area contributed by atoms with Gasteiger partial charge in [-0.25, -0.2) is 0 Å². The summed E-state index contributed by atoms with van der Waals surface area (Å²) in [5.74, 6) is 3.21. The van der Waals surface area contributed by atoms with Crippen molar-refractivity contribution in [1.29, 1.82) is 0 Å². The molecule has 0 N–H and O–H groups in total. The first-order chi connectivity index (χ1) is 28.9. The molecule has 2 atom stereocenters. The number of methoxy groups -OCH3 is 2. The number of hydrogen-bond acceptors (Lipinski definition) is 8. The summed E-state index contributed by atoms with van der Waals surface area (Å²) in [5.41, 5.74) is 4.40. The van der Waals surface area contributed by atoms with E-state index >= 15 is 0 Å². The fourth-order valence-corrected chi connectivity index (χ4v) is 9.63. The molecule has 60 heavy (non-hydrogen) atoms. The van der Waals surface area contributed by atoms with Gasteiger partial charge in [0.05, 0.1) is 48.5 Å². The Morgan fingerprint density at radius 2 is 1.17 bits per heavy atom. The van der Waals surface area contributed by atoms with Crippen LogP contribution >= 0.6 is 34.8 Å². The lowest BCUT2D eigenvalue weighted by molar-refractivity contribution is 0.0845. The van der Waals surface area contributed by atoms with Crippen molar-refractivity contribution in [2.24, 2.45) is 5.92 Å². The fourth-order valence-electron chi connectivity index (χ4n) is 8.74. The van der Waals surface area contributed by atoms with E-state index in [0.717, 1.165) is 54.6 Å². The topological polar surface area (TPSA) is 84.0 Å². The summed E-state index contributed by atoms with van der Waals surface area (Å²) in [5, 5.41) is 1.40. The number of likely N-dealkylation sites (tertiary alicyclic amines) is 2. The highest BCUT2D eigenvalue weighted by atomic mass is 35.5. The molecular formula is C47H55Cl3N4O6. The molecule has 2 unspecified atom stereocenters. The van der Waals surface area contributed by atoms with Crippen LogP contribution in [0.2, 0.25) is 15.1 Å². The maximum Gasteiger partial charge on any atom is 0.260 e. The first kappa shape index (κ1) is 43.9. The number of anilines is 2. The number of halogens is 3. The van der Waals surface area contributed by atoms with E-state index in [1.165, 1.54) is 32.1 Å². The van der Waals surface area contributed by atoms with Crippen LogP contribution in [0.15, 0.2) is 66.7 Å². The summed E-state index contributed by atoms with van der Waals surface area (Å²) in [4.78, 5) is 34.3. The summed E-state index contributed by atoms with van der Waals surface area (Å²) in [6.45, 7) is 13.0. The molecule has 0 aliphatic carbocycles. The minimum Gasteiger partial charge on any atom is -0.493 e.